The van der Waals surface area contributed by atoms with Crippen LogP contribution >= 0.6 is 23.5 Å². The van der Waals surface area contributed by atoms with E-state index in [0.717, 1.165) is 5.69 Å². The molecule has 2 nitrogen and oxygen atoms in total. The van der Waals surface area contributed by atoms with E-state index in [9.17, 15) is 0 Å². The van der Waals surface area contributed by atoms with E-state index in [1.807, 2.05) is 41.7 Å². The van der Waals surface area contributed by atoms with Crippen molar-refractivity contribution in [3.63, 3.8) is 0 Å². The molecule has 0 bridgehead atoms. The molecule has 1 aromatic rings. The average Bonchev–Trinajstić information content (AvgIpc) is 3.10. The molecule has 3 aliphatic rings. The van der Waals surface area contributed by atoms with E-state index in [2.05, 4.69) is 18.2 Å². The molecule has 4 atom stereocenters. The molecule has 2 aliphatic heterocycles. The molecule has 4 unspecified atom stereocenters. The number of fused-ring (bicyclic) bond motifs is 3. The molecule has 0 spiro atoms. The van der Waals surface area contributed by atoms with Gasteiger partial charge in [-0.2, -0.15) is 0 Å². The molecule has 16 heavy (non-hydrogen) atoms. The third-order valence-corrected chi connectivity index (χ3v) is 6.96. The lowest BCUT2D eigenvalue weighted by Gasteiger charge is -2.21. The third-order valence-electron chi connectivity index (χ3n) is 3.70. The highest BCUT2D eigenvalue weighted by Gasteiger charge is 2.77. The monoisotopic (exact) mass is 248 g/mol. The van der Waals surface area contributed by atoms with Gasteiger partial charge in [0.05, 0.1) is 14.9 Å². The first-order chi connectivity index (χ1) is 7.67. The van der Waals surface area contributed by atoms with Crippen molar-refractivity contribution in [1.29, 1.82) is 0 Å². The van der Waals surface area contributed by atoms with E-state index in [4.69, 9.17) is 11.5 Å². The van der Waals surface area contributed by atoms with Gasteiger partial charge in [0, 0.05) is 10.9 Å². The first-order valence-electron chi connectivity index (χ1n) is 5.36. The second-order valence-electron chi connectivity index (χ2n) is 4.60. The highest BCUT2D eigenvalue weighted by atomic mass is 32.2. The largest absolute Gasteiger partial charge is 0.398 e. The Morgan fingerprint density at radius 1 is 1.25 bits per heavy atom. The number of rotatable bonds is 1. The first-order valence-corrected chi connectivity index (χ1v) is 7.12. The van der Waals surface area contributed by atoms with Crippen LogP contribution in [0.1, 0.15) is 5.56 Å². The highest BCUT2D eigenvalue weighted by Crippen LogP contribution is 2.78. The first kappa shape index (κ1) is 9.45. The van der Waals surface area contributed by atoms with Crippen LogP contribution in [0.3, 0.4) is 0 Å². The fourth-order valence-electron chi connectivity index (χ4n) is 2.71. The number of thioether (sulfide) groups is 2. The lowest BCUT2D eigenvalue weighted by atomic mass is 9.84. The topological polar surface area (TPSA) is 52.0 Å². The Morgan fingerprint density at radius 3 is 2.88 bits per heavy atom. The van der Waals surface area contributed by atoms with Crippen LogP contribution in [0.25, 0.3) is 0 Å². The van der Waals surface area contributed by atoms with Gasteiger partial charge < -0.3 is 11.5 Å². The number of anilines is 1. The highest BCUT2D eigenvalue weighted by molar-refractivity contribution is 8.14. The lowest BCUT2D eigenvalue weighted by Crippen LogP contribution is -2.40. The summed E-state index contributed by atoms with van der Waals surface area (Å²) >= 11 is 3.83. The lowest BCUT2D eigenvalue weighted by molar-refractivity contribution is 0.595. The maximum atomic E-state index is 6.51. The summed E-state index contributed by atoms with van der Waals surface area (Å²) in [6.07, 6.45) is 4.57. The summed E-state index contributed by atoms with van der Waals surface area (Å²) in [5.41, 5.74) is 14.6. The fraction of sp³-hybridized carbons (Fsp3) is 0.333. The van der Waals surface area contributed by atoms with Crippen molar-refractivity contribution in [1.82, 2.24) is 0 Å². The minimum Gasteiger partial charge on any atom is -0.398 e. The van der Waals surface area contributed by atoms with Gasteiger partial charge in [0.25, 0.3) is 0 Å². The van der Waals surface area contributed by atoms with Gasteiger partial charge in [-0.05, 0) is 11.6 Å². The van der Waals surface area contributed by atoms with Crippen LogP contribution in [0.15, 0.2) is 36.4 Å². The molecule has 2 heterocycles. The minimum atomic E-state index is -0.118. The van der Waals surface area contributed by atoms with Crippen LogP contribution in [0.2, 0.25) is 0 Å². The number of benzene rings is 1. The Morgan fingerprint density at radius 2 is 2.06 bits per heavy atom. The normalized spacial score (nSPS) is 47.1. The van der Waals surface area contributed by atoms with Gasteiger partial charge in [0.1, 0.15) is 0 Å². The summed E-state index contributed by atoms with van der Waals surface area (Å²) in [7, 11) is 0. The van der Waals surface area contributed by atoms with Gasteiger partial charge in [-0.25, -0.2) is 0 Å². The van der Waals surface area contributed by atoms with Gasteiger partial charge in [0.15, 0.2) is 0 Å². The summed E-state index contributed by atoms with van der Waals surface area (Å²) in [5.74, 6) is 0. The van der Waals surface area contributed by atoms with Gasteiger partial charge in [-0.15, -0.1) is 23.5 Å². The molecule has 82 valence electrons. The quantitative estimate of drug-likeness (QED) is 0.453. The number of nitrogen functional groups attached to an aromatic ring is 1. The summed E-state index contributed by atoms with van der Waals surface area (Å²) in [6.45, 7) is 0. The Labute approximate surface area is 103 Å². The van der Waals surface area contributed by atoms with Crippen LogP contribution in [0.4, 0.5) is 5.69 Å². The van der Waals surface area contributed by atoms with Gasteiger partial charge in [-0.1, -0.05) is 30.4 Å². The molecule has 4 N–H and O–H groups in total. The van der Waals surface area contributed by atoms with E-state index in [0.29, 0.717) is 10.5 Å². The van der Waals surface area contributed by atoms with Crippen LogP contribution in [0.5, 0.6) is 0 Å². The van der Waals surface area contributed by atoms with Crippen molar-refractivity contribution < 1.29 is 0 Å². The Kier molecular flexibility index (Phi) is 1.55. The minimum absolute atomic E-state index is 0.0526. The smallest absolute Gasteiger partial charge is 0.0994 e. The van der Waals surface area contributed by atoms with Crippen molar-refractivity contribution >= 4 is 29.2 Å². The fourth-order valence-corrected chi connectivity index (χ4v) is 5.78. The molecule has 4 heteroatoms. The molecule has 0 radical (unpaired) electrons. The van der Waals surface area contributed by atoms with Gasteiger partial charge in [0.2, 0.25) is 0 Å². The van der Waals surface area contributed by atoms with Crippen molar-refractivity contribution in [2.45, 2.75) is 20.1 Å². The summed E-state index contributed by atoms with van der Waals surface area (Å²) in [5, 5.41) is 1.24. The second-order valence-corrected chi connectivity index (χ2v) is 7.45. The molecule has 1 aromatic carbocycles. The standard InChI is InChI=1S/C12H12N2S2/c13-8-4-2-1-3-7(8)11-6-5-9-10(15-9)12(11,14)16-11/h1-6,9-10H,13-14H2. The van der Waals surface area contributed by atoms with Crippen LogP contribution in [-0.2, 0) is 4.75 Å². The van der Waals surface area contributed by atoms with Crippen molar-refractivity contribution in [2.75, 3.05) is 5.73 Å². The summed E-state index contributed by atoms with van der Waals surface area (Å²) < 4.78 is -0.0526. The molecule has 0 aromatic heterocycles. The molecule has 4 rings (SSSR count). The number of nitrogens with two attached hydrogens (primary N) is 2. The van der Waals surface area contributed by atoms with Crippen LogP contribution < -0.4 is 11.5 Å². The van der Waals surface area contributed by atoms with Crippen LogP contribution in [-0.4, -0.2) is 15.4 Å². The maximum absolute atomic E-state index is 6.51. The Balaban J connectivity index is 1.88. The van der Waals surface area contributed by atoms with E-state index in [-0.39, 0.29) is 9.62 Å². The molecule has 0 amide bonds. The zero-order valence-electron chi connectivity index (χ0n) is 8.59. The van der Waals surface area contributed by atoms with E-state index >= 15 is 0 Å². The molecule has 0 saturated carbocycles. The zero-order valence-corrected chi connectivity index (χ0v) is 10.2. The van der Waals surface area contributed by atoms with Crippen molar-refractivity contribution in [2.24, 2.45) is 5.73 Å². The van der Waals surface area contributed by atoms with Crippen molar-refractivity contribution in [3.05, 3.63) is 42.0 Å². The third kappa shape index (κ3) is 0.921. The van der Waals surface area contributed by atoms with Crippen molar-refractivity contribution in [3.8, 4) is 0 Å². The van der Waals surface area contributed by atoms with Crippen LogP contribution in [0, 0.1) is 0 Å². The van der Waals surface area contributed by atoms with E-state index in [1.165, 1.54) is 5.56 Å². The van der Waals surface area contributed by atoms with Gasteiger partial charge in [-0.3, -0.25) is 0 Å². The number of hydrogen-bond acceptors (Lipinski definition) is 4. The summed E-state index contributed by atoms with van der Waals surface area (Å²) in [6, 6.07) is 8.08. The van der Waals surface area contributed by atoms with E-state index < -0.39 is 0 Å². The average molecular weight is 248 g/mol. The zero-order chi connectivity index (χ0) is 11.0. The molecule has 2 saturated heterocycles. The predicted molar refractivity (Wildman–Crippen MR) is 71.3 cm³/mol. The Hall–Kier alpha value is -0.580. The SMILES string of the molecule is Nc1ccccc1C12C=CC3SC3C1(N)S2. The molecule has 1 aliphatic carbocycles. The van der Waals surface area contributed by atoms with E-state index in [1.54, 1.807) is 0 Å². The molecular weight excluding hydrogens is 236 g/mol. The maximum Gasteiger partial charge on any atom is 0.0994 e. The summed E-state index contributed by atoms with van der Waals surface area (Å²) in [4.78, 5) is -0.118. The van der Waals surface area contributed by atoms with Gasteiger partial charge >= 0.3 is 0 Å². The predicted octanol–water partition coefficient (Wildman–Crippen LogP) is 1.92. The Bertz CT molecular complexity index is 515. The number of para-hydroxylation sites is 1. The second kappa shape index (κ2) is 2.63. The molecule has 2 fully saturated rings. The number of hydrogen-bond donors (Lipinski definition) is 2. The molecular formula is C12H12N2S2.